The van der Waals surface area contributed by atoms with Gasteiger partial charge in [0.25, 0.3) is 0 Å². The van der Waals surface area contributed by atoms with Crippen LogP contribution in [0.2, 0.25) is 5.02 Å². The van der Waals surface area contributed by atoms with Crippen LogP contribution in [-0.4, -0.2) is 37.3 Å². The molecule has 3 aromatic rings. The minimum absolute atomic E-state index is 0.241. The highest BCUT2D eigenvalue weighted by atomic mass is 35.5. The highest BCUT2D eigenvalue weighted by molar-refractivity contribution is 7.22. The highest BCUT2D eigenvalue weighted by Gasteiger charge is 2.33. The number of nitrogens with zero attached hydrogens (tertiary/aromatic N) is 2. The Morgan fingerprint density at radius 2 is 2.12 bits per heavy atom. The van der Waals surface area contributed by atoms with Crippen LogP contribution in [0.15, 0.2) is 36.4 Å². The predicted molar refractivity (Wildman–Crippen MR) is 99.0 cm³/mol. The molecule has 134 valence electrons. The molecular weight excluding hydrogens is 379 g/mol. The van der Waals surface area contributed by atoms with Gasteiger partial charge in [-0.25, -0.2) is 14.2 Å². The van der Waals surface area contributed by atoms with Crippen molar-refractivity contribution in [2.45, 2.75) is 6.10 Å². The molecule has 1 aromatic heterocycles. The molecule has 0 aliphatic carbocycles. The first kappa shape index (κ1) is 17.1. The molecule has 1 saturated heterocycles. The summed E-state index contributed by atoms with van der Waals surface area (Å²) in [5.41, 5.74) is 1.06. The van der Waals surface area contributed by atoms with Gasteiger partial charge in [0.05, 0.1) is 30.4 Å². The molecule has 0 bridgehead atoms. The van der Waals surface area contributed by atoms with Crippen LogP contribution >= 0.6 is 22.9 Å². The summed E-state index contributed by atoms with van der Waals surface area (Å²) in [5, 5.41) is 1.23. The quantitative estimate of drug-likeness (QED) is 0.624. The van der Waals surface area contributed by atoms with Crippen LogP contribution in [0.25, 0.3) is 10.2 Å². The first-order valence-corrected chi connectivity index (χ1v) is 9.08. The normalized spacial score (nSPS) is 14.3. The van der Waals surface area contributed by atoms with Crippen molar-refractivity contribution in [3.05, 3.63) is 52.8 Å². The lowest BCUT2D eigenvalue weighted by molar-refractivity contribution is 0.0231. The number of carbonyl (C=O) groups excluding carboxylic acids is 1. The molecule has 0 N–H and O–H groups in total. The van der Waals surface area contributed by atoms with Crippen LogP contribution in [0, 0.1) is 5.82 Å². The monoisotopic (exact) mass is 392 g/mol. The second-order valence-corrected chi connectivity index (χ2v) is 7.33. The van der Waals surface area contributed by atoms with E-state index in [1.165, 1.54) is 36.6 Å². The number of fused-ring (bicyclic) bond motifs is 1. The maximum absolute atomic E-state index is 13.3. The van der Waals surface area contributed by atoms with E-state index in [1.54, 1.807) is 18.2 Å². The molecule has 0 radical (unpaired) electrons. The number of aromatic nitrogens is 1. The molecule has 5 nitrogen and oxygen atoms in total. The van der Waals surface area contributed by atoms with Gasteiger partial charge in [0, 0.05) is 5.02 Å². The Morgan fingerprint density at radius 3 is 2.88 bits per heavy atom. The maximum atomic E-state index is 13.3. The second-order valence-electron chi connectivity index (χ2n) is 5.89. The van der Waals surface area contributed by atoms with Crippen molar-refractivity contribution in [2.75, 3.05) is 25.1 Å². The van der Waals surface area contributed by atoms with E-state index in [-0.39, 0.29) is 11.9 Å². The lowest BCUT2D eigenvalue weighted by Gasteiger charge is -2.38. The van der Waals surface area contributed by atoms with Crippen LogP contribution in [-0.2, 0) is 4.74 Å². The topological polar surface area (TPSA) is 51.7 Å². The maximum Gasteiger partial charge on any atom is 0.342 e. The predicted octanol–water partition coefficient (Wildman–Crippen LogP) is 4.14. The van der Waals surface area contributed by atoms with Crippen LogP contribution in [0.5, 0.6) is 5.75 Å². The van der Waals surface area contributed by atoms with E-state index < -0.39 is 5.97 Å². The molecule has 0 atom stereocenters. The number of carbonyl (C=O) groups is 1. The number of thiazole rings is 1. The zero-order chi connectivity index (χ0) is 18.3. The van der Waals surface area contributed by atoms with Crippen molar-refractivity contribution in [1.82, 2.24) is 4.98 Å². The molecule has 2 aromatic carbocycles. The molecule has 0 spiro atoms. The Balaban J connectivity index is 1.41. The number of esters is 1. The molecule has 0 saturated carbocycles. The van der Waals surface area contributed by atoms with Gasteiger partial charge in [-0.05, 0) is 36.4 Å². The third kappa shape index (κ3) is 3.20. The fourth-order valence-corrected chi connectivity index (χ4v) is 3.93. The summed E-state index contributed by atoms with van der Waals surface area (Å²) in [4.78, 5) is 18.8. The van der Waals surface area contributed by atoms with Gasteiger partial charge in [0.2, 0.25) is 0 Å². The molecule has 8 heteroatoms. The van der Waals surface area contributed by atoms with E-state index >= 15 is 0 Å². The number of halogens is 2. The summed E-state index contributed by atoms with van der Waals surface area (Å²) < 4.78 is 24.8. The van der Waals surface area contributed by atoms with E-state index in [2.05, 4.69) is 4.98 Å². The summed E-state index contributed by atoms with van der Waals surface area (Å²) in [6, 6.07) is 9.34. The average Bonchev–Trinajstić information content (AvgIpc) is 2.99. The number of hydrogen-bond donors (Lipinski definition) is 0. The summed E-state index contributed by atoms with van der Waals surface area (Å²) >= 11 is 7.37. The summed E-state index contributed by atoms with van der Waals surface area (Å²) in [5.74, 6) is -0.331. The zero-order valence-electron chi connectivity index (χ0n) is 13.7. The standard InChI is InChI=1S/C18H14ClFN2O3S/c1-24-15-5-2-10(19)6-13(15)17(23)25-12-8-22(9-12)18-21-14-4-3-11(20)7-16(14)26-18/h2-7,12H,8-9H2,1H3. The van der Waals surface area contributed by atoms with Gasteiger partial charge in [0.1, 0.15) is 23.2 Å². The number of rotatable bonds is 4. The summed E-state index contributed by atoms with van der Waals surface area (Å²) in [6.45, 7) is 1.08. The molecule has 0 unspecified atom stereocenters. The number of hydrogen-bond acceptors (Lipinski definition) is 6. The Kier molecular flexibility index (Phi) is 4.42. The molecule has 0 amide bonds. The van der Waals surface area contributed by atoms with Crippen molar-refractivity contribution in [3.8, 4) is 5.75 Å². The molecule has 1 aliphatic rings. The van der Waals surface area contributed by atoms with E-state index in [0.29, 0.717) is 29.4 Å². The second kappa shape index (κ2) is 6.74. The van der Waals surface area contributed by atoms with Gasteiger partial charge in [-0.3, -0.25) is 0 Å². The number of benzene rings is 2. The summed E-state index contributed by atoms with van der Waals surface area (Å²) in [6.07, 6.45) is -0.241. The fraction of sp³-hybridized carbons (Fsp3) is 0.222. The molecule has 2 heterocycles. The largest absolute Gasteiger partial charge is 0.496 e. The van der Waals surface area contributed by atoms with E-state index in [1.807, 2.05) is 4.90 Å². The Morgan fingerprint density at radius 1 is 1.31 bits per heavy atom. The summed E-state index contributed by atoms with van der Waals surface area (Å²) in [7, 11) is 1.49. The van der Waals surface area contributed by atoms with Crippen molar-refractivity contribution in [2.24, 2.45) is 0 Å². The van der Waals surface area contributed by atoms with Gasteiger partial charge in [-0.1, -0.05) is 22.9 Å². The van der Waals surface area contributed by atoms with Gasteiger partial charge in [-0.15, -0.1) is 0 Å². The smallest absolute Gasteiger partial charge is 0.342 e. The first-order chi connectivity index (χ1) is 12.5. The Hall–Kier alpha value is -2.38. The lowest BCUT2D eigenvalue weighted by Crippen LogP contribution is -2.53. The first-order valence-electron chi connectivity index (χ1n) is 7.89. The Labute approximate surface area is 157 Å². The van der Waals surface area contributed by atoms with Crippen LogP contribution in [0.1, 0.15) is 10.4 Å². The van der Waals surface area contributed by atoms with Crippen molar-refractivity contribution >= 4 is 44.3 Å². The fourth-order valence-electron chi connectivity index (χ4n) is 2.74. The van der Waals surface area contributed by atoms with E-state index in [4.69, 9.17) is 21.1 Å². The third-order valence-corrected chi connectivity index (χ3v) is 5.43. The SMILES string of the molecule is COc1ccc(Cl)cc1C(=O)OC1CN(c2nc3ccc(F)cc3s2)C1. The minimum atomic E-state index is -0.472. The molecule has 26 heavy (non-hydrogen) atoms. The third-order valence-electron chi connectivity index (χ3n) is 4.11. The van der Waals surface area contributed by atoms with Gasteiger partial charge in [0.15, 0.2) is 5.13 Å². The lowest BCUT2D eigenvalue weighted by atomic mass is 10.1. The molecule has 4 rings (SSSR count). The Bertz CT molecular complexity index is 988. The van der Waals surface area contributed by atoms with Gasteiger partial charge >= 0.3 is 5.97 Å². The van der Waals surface area contributed by atoms with Crippen molar-refractivity contribution < 1.29 is 18.7 Å². The van der Waals surface area contributed by atoms with E-state index in [0.717, 1.165) is 15.3 Å². The highest BCUT2D eigenvalue weighted by Crippen LogP contribution is 2.33. The van der Waals surface area contributed by atoms with Crippen LogP contribution < -0.4 is 9.64 Å². The van der Waals surface area contributed by atoms with Crippen LogP contribution in [0.3, 0.4) is 0 Å². The van der Waals surface area contributed by atoms with Crippen molar-refractivity contribution in [1.29, 1.82) is 0 Å². The van der Waals surface area contributed by atoms with Gasteiger partial charge < -0.3 is 14.4 Å². The molecular formula is C18H14ClFN2O3S. The molecule has 1 fully saturated rings. The number of ether oxygens (including phenoxy) is 2. The minimum Gasteiger partial charge on any atom is -0.496 e. The molecule has 1 aliphatic heterocycles. The zero-order valence-corrected chi connectivity index (χ0v) is 15.3. The van der Waals surface area contributed by atoms with Crippen molar-refractivity contribution in [3.63, 3.8) is 0 Å². The van der Waals surface area contributed by atoms with Crippen LogP contribution in [0.4, 0.5) is 9.52 Å². The number of anilines is 1. The average molecular weight is 393 g/mol. The van der Waals surface area contributed by atoms with Gasteiger partial charge in [-0.2, -0.15) is 0 Å². The number of methoxy groups -OCH3 is 1. The van der Waals surface area contributed by atoms with E-state index in [9.17, 15) is 9.18 Å².